The third-order valence-electron chi connectivity index (χ3n) is 3.49. The Labute approximate surface area is 127 Å². The van der Waals surface area contributed by atoms with Crippen molar-refractivity contribution in [1.82, 2.24) is 19.9 Å². The summed E-state index contributed by atoms with van der Waals surface area (Å²) in [6, 6.07) is 1.99. The number of aryl methyl sites for hydroxylation is 2. The van der Waals surface area contributed by atoms with Crippen LogP contribution in [0.4, 0.5) is 5.82 Å². The molecule has 21 heavy (non-hydrogen) atoms. The third kappa shape index (κ3) is 3.02. The number of carbonyl (C=O) groups is 1. The highest BCUT2D eigenvalue weighted by Gasteiger charge is 2.24. The van der Waals surface area contributed by atoms with Crippen molar-refractivity contribution < 1.29 is 4.79 Å². The van der Waals surface area contributed by atoms with Crippen molar-refractivity contribution >= 4 is 23.1 Å². The molecule has 0 spiro atoms. The zero-order valence-corrected chi connectivity index (χ0v) is 12.9. The van der Waals surface area contributed by atoms with Gasteiger partial charge in [-0.25, -0.2) is 15.0 Å². The maximum Gasteiger partial charge on any atom is 0.273 e. The quantitative estimate of drug-likeness (QED) is 0.841. The van der Waals surface area contributed by atoms with Crippen LogP contribution in [0.3, 0.4) is 0 Å². The average molecular weight is 303 g/mol. The molecule has 110 valence electrons. The number of piperazine rings is 1. The molecule has 1 aliphatic rings. The summed E-state index contributed by atoms with van der Waals surface area (Å²) < 4.78 is 0. The van der Waals surface area contributed by atoms with E-state index < -0.39 is 0 Å². The van der Waals surface area contributed by atoms with E-state index in [0.717, 1.165) is 30.4 Å². The summed E-state index contributed by atoms with van der Waals surface area (Å²) in [6.07, 6.45) is 0. The van der Waals surface area contributed by atoms with Crippen LogP contribution in [0, 0.1) is 13.8 Å². The molecule has 2 aromatic heterocycles. The molecule has 0 aliphatic carbocycles. The summed E-state index contributed by atoms with van der Waals surface area (Å²) in [5.74, 6) is 1.75. The molecule has 1 saturated heterocycles. The molecule has 0 radical (unpaired) electrons. The number of hydrogen-bond acceptors (Lipinski definition) is 6. The lowest BCUT2D eigenvalue weighted by Gasteiger charge is -2.35. The van der Waals surface area contributed by atoms with Gasteiger partial charge in [0.25, 0.3) is 5.91 Å². The zero-order valence-electron chi connectivity index (χ0n) is 12.1. The fraction of sp³-hybridized carbons (Fsp3) is 0.429. The Morgan fingerprint density at radius 3 is 2.57 bits per heavy atom. The topological polar surface area (TPSA) is 62.2 Å². The van der Waals surface area contributed by atoms with Gasteiger partial charge in [0.1, 0.15) is 17.3 Å². The minimum Gasteiger partial charge on any atom is -0.353 e. The van der Waals surface area contributed by atoms with E-state index in [4.69, 9.17) is 0 Å². The van der Waals surface area contributed by atoms with Gasteiger partial charge in [0.2, 0.25) is 0 Å². The SMILES string of the molecule is Cc1cc(N2CCN(C(=O)c3cscn3)CC2)nc(C)n1. The molecule has 0 saturated carbocycles. The predicted octanol–water partition coefficient (Wildman–Crippen LogP) is 1.51. The maximum absolute atomic E-state index is 12.2. The summed E-state index contributed by atoms with van der Waals surface area (Å²) >= 11 is 1.45. The molecule has 0 aromatic carbocycles. The number of rotatable bonds is 2. The van der Waals surface area contributed by atoms with Crippen LogP contribution >= 0.6 is 11.3 Å². The lowest BCUT2D eigenvalue weighted by Crippen LogP contribution is -2.49. The van der Waals surface area contributed by atoms with Gasteiger partial charge in [0.15, 0.2) is 0 Å². The summed E-state index contributed by atoms with van der Waals surface area (Å²) in [7, 11) is 0. The first-order chi connectivity index (χ1) is 10.1. The van der Waals surface area contributed by atoms with Crippen LogP contribution in [0.5, 0.6) is 0 Å². The third-order valence-corrected chi connectivity index (χ3v) is 4.08. The van der Waals surface area contributed by atoms with E-state index in [0.29, 0.717) is 18.8 Å². The Balaban J connectivity index is 1.66. The Hall–Kier alpha value is -2.02. The minimum absolute atomic E-state index is 0.0194. The first kappa shape index (κ1) is 13.9. The van der Waals surface area contributed by atoms with E-state index in [9.17, 15) is 4.79 Å². The number of aromatic nitrogens is 3. The van der Waals surface area contributed by atoms with Crippen LogP contribution in [0.25, 0.3) is 0 Å². The molecular formula is C14H17N5OS. The summed E-state index contributed by atoms with van der Waals surface area (Å²) in [5, 5.41) is 1.80. The molecule has 7 heteroatoms. The molecule has 0 N–H and O–H groups in total. The van der Waals surface area contributed by atoms with Crippen LogP contribution in [-0.2, 0) is 0 Å². The molecule has 1 amide bonds. The molecule has 0 bridgehead atoms. The van der Waals surface area contributed by atoms with Crippen molar-refractivity contribution in [3.8, 4) is 0 Å². The van der Waals surface area contributed by atoms with E-state index in [1.165, 1.54) is 11.3 Å². The van der Waals surface area contributed by atoms with Gasteiger partial charge in [0.05, 0.1) is 5.51 Å². The standard InChI is InChI=1S/C14H17N5OS/c1-10-7-13(17-11(2)16-10)18-3-5-19(6-4-18)14(20)12-8-21-9-15-12/h7-9H,3-6H2,1-2H3. The predicted molar refractivity (Wildman–Crippen MR) is 81.7 cm³/mol. The Bertz CT molecular complexity index is 615. The fourth-order valence-corrected chi connectivity index (χ4v) is 3.00. The monoisotopic (exact) mass is 303 g/mol. The molecule has 3 heterocycles. The van der Waals surface area contributed by atoms with Crippen molar-refractivity contribution in [2.45, 2.75) is 13.8 Å². The van der Waals surface area contributed by atoms with Crippen LogP contribution in [0.2, 0.25) is 0 Å². The Kier molecular flexibility index (Phi) is 3.83. The van der Waals surface area contributed by atoms with Gasteiger partial charge in [-0.2, -0.15) is 0 Å². The molecule has 1 aliphatic heterocycles. The van der Waals surface area contributed by atoms with Crippen molar-refractivity contribution in [1.29, 1.82) is 0 Å². The molecular weight excluding hydrogens is 286 g/mol. The largest absolute Gasteiger partial charge is 0.353 e. The van der Waals surface area contributed by atoms with E-state index >= 15 is 0 Å². The van der Waals surface area contributed by atoms with E-state index in [-0.39, 0.29) is 5.91 Å². The average Bonchev–Trinajstić information content (AvgIpc) is 3.00. The molecule has 3 rings (SSSR count). The number of nitrogens with zero attached hydrogens (tertiary/aromatic N) is 5. The number of amides is 1. The number of hydrogen-bond donors (Lipinski definition) is 0. The highest BCUT2D eigenvalue weighted by molar-refractivity contribution is 7.07. The zero-order chi connectivity index (χ0) is 14.8. The normalized spacial score (nSPS) is 15.3. The lowest BCUT2D eigenvalue weighted by atomic mass is 10.2. The van der Waals surface area contributed by atoms with Crippen LogP contribution in [0.15, 0.2) is 17.0 Å². The number of anilines is 1. The van der Waals surface area contributed by atoms with Gasteiger partial charge < -0.3 is 9.80 Å². The van der Waals surface area contributed by atoms with E-state index in [1.807, 2.05) is 24.8 Å². The summed E-state index contributed by atoms with van der Waals surface area (Å²) in [5.41, 5.74) is 3.20. The lowest BCUT2D eigenvalue weighted by molar-refractivity contribution is 0.0741. The van der Waals surface area contributed by atoms with Crippen LogP contribution in [-0.4, -0.2) is 51.9 Å². The van der Waals surface area contributed by atoms with Crippen LogP contribution < -0.4 is 4.90 Å². The van der Waals surface area contributed by atoms with E-state index in [2.05, 4.69) is 19.9 Å². The van der Waals surface area contributed by atoms with Crippen molar-refractivity contribution in [2.24, 2.45) is 0 Å². The summed E-state index contributed by atoms with van der Waals surface area (Å²) in [4.78, 5) is 29.2. The van der Waals surface area contributed by atoms with Crippen LogP contribution in [0.1, 0.15) is 22.0 Å². The molecule has 6 nitrogen and oxygen atoms in total. The Morgan fingerprint density at radius 2 is 1.95 bits per heavy atom. The first-order valence-electron chi connectivity index (χ1n) is 6.88. The smallest absolute Gasteiger partial charge is 0.273 e. The highest BCUT2D eigenvalue weighted by Crippen LogP contribution is 2.16. The fourth-order valence-electron chi connectivity index (χ4n) is 2.48. The van der Waals surface area contributed by atoms with E-state index in [1.54, 1.807) is 10.9 Å². The molecule has 0 unspecified atom stereocenters. The van der Waals surface area contributed by atoms with Crippen molar-refractivity contribution in [3.05, 3.63) is 34.2 Å². The number of carbonyl (C=O) groups excluding carboxylic acids is 1. The van der Waals surface area contributed by atoms with Crippen molar-refractivity contribution in [3.63, 3.8) is 0 Å². The van der Waals surface area contributed by atoms with Gasteiger partial charge in [-0.15, -0.1) is 11.3 Å². The van der Waals surface area contributed by atoms with Crippen molar-refractivity contribution in [2.75, 3.05) is 31.1 Å². The second-order valence-corrected chi connectivity index (χ2v) is 5.79. The van der Waals surface area contributed by atoms with Gasteiger partial charge in [-0.1, -0.05) is 0 Å². The molecule has 2 aromatic rings. The minimum atomic E-state index is 0.0194. The first-order valence-corrected chi connectivity index (χ1v) is 7.82. The number of thiazole rings is 1. The maximum atomic E-state index is 12.2. The second-order valence-electron chi connectivity index (χ2n) is 5.07. The van der Waals surface area contributed by atoms with Gasteiger partial charge in [-0.05, 0) is 13.8 Å². The highest BCUT2D eigenvalue weighted by atomic mass is 32.1. The summed E-state index contributed by atoms with van der Waals surface area (Å²) in [6.45, 7) is 6.83. The second kappa shape index (κ2) is 5.77. The van der Waals surface area contributed by atoms with Gasteiger partial charge in [-0.3, -0.25) is 4.79 Å². The Morgan fingerprint density at radius 1 is 1.19 bits per heavy atom. The molecule has 1 fully saturated rings. The molecule has 0 atom stereocenters. The van der Waals surface area contributed by atoms with Gasteiger partial charge in [0, 0.05) is 43.3 Å². The van der Waals surface area contributed by atoms with Gasteiger partial charge >= 0.3 is 0 Å².